The van der Waals surface area contributed by atoms with Crippen LogP contribution in [0, 0.1) is 5.92 Å². The maximum Gasteiger partial charge on any atom is 0.237 e. The lowest BCUT2D eigenvalue weighted by Crippen LogP contribution is -2.16. The molecule has 1 aliphatic carbocycles. The second-order valence-electron chi connectivity index (χ2n) is 4.92. The van der Waals surface area contributed by atoms with Crippen LogP contribution in [0.3, 0.4) is 0 Å². The molecule has 19 heavy (non-hydrogen) atoms. The molecular formula is C12H18N6O. The van der Waals surface area contributed by atoms with E-state index in [-0.39, 0.29) is 0 Å². The summed E-state index contributed by atoms with van der Waals surface area (Å²) in [4.78, 5) is 0. The van der Waals surface area contributed by atoms with Crippen LogP contribution in [0.1, 0.15) is 37.2 Å². The second kappa shape index (κ2) is 5.48. The van der Waals surface area contributed by atoms with Crippen LogP contribution >= 0.6 is 0 Å². The van der Waals surface area contributed by atoms with Gasteiger partial charge in [-0.1, -0.05) is 12.1 Å². The quantitative estimate of drug-likeness (QED) is 0.793. The first-order valence-electron chi connectivity index (χ1n) is 6.74. The minimum atomic E-state index is 0.475. The van der Waals surface area contributed by atoms with Gasteiger partial charge >= 0.3 is 0 Å². The van der Waals surface area contributed by atoms with E-state index in [1.165, 1.54) is 12.8 Å². The minimum Gasteiger partial charge on any atom is -0.423 e. The van der Waals surface area contributed by atoms with Crippen molar-refractivity contribution in [3.63, 3.8) is 0 Å². The maximum atomic E-state index is 5.44. The monoisotopic (exact) mass is 262 g/mol. The number of aryl methyl sites for hydroxylation is 1. The van der Waals surface area contributed by atoms with Gasteiger partial charge in [-0.15, -0.1) is 15.3 Å². The molecule has 1 fully saturated rings. The third-order valence-electron chi connectivity index (χ3n) is 3.13. The van der Waals surface area contributed by atoms with Crippen LogP contribution < -0.4 is 5.32 Å². The van der Waals surface area contributed by atoms with Gasteiger partial charge in [0.15, 0.2) is 0 Å². The summed E-state index contributed by atoms with van der Waals surface area (Å²) < 4.78 is 7.16. The fraction of sp³-hybridized carbons (Fsp3) is 0.667. The number of aromatic nitrogens is 5. The van der Waals surface area contributed by atoms with Gasteiger partial charge in [0.25, 0.3) is 0 Å². The van der Waals surface area contributed by atoms with Crippen LogP contribution in [0.2, 0.25) is 0 Å². The molecule has 0 aliphatic heterocycles. The smallest absolute Gasteiger partial charge is 0.237 e. The van der Waals surface area contributed by atoms with E-state index in [2.05, 4.69) is 25.8 Å². The first-order chi connectivity index (χ1) is 9.33. The molecule has 7 heteroatoms. The largest absolute Gasteiger partial charge is 0.423 e. The van der Waals surface area contributed by atoms with Gasteiger partial charge in [-0.2, -0.15) is 0 Å². The number of hydrogen-bond acceptors (Lipinski definition) is 6. The van der Waals surface area contributed by atoms with Crippen LogP contribution in [-0.2, 0) is 19.5 Å². The molecule has 0 atom stereocenters. The molecule has 1 aliphatic rings. The van der Waals surface area contributed by atoms with Crippen LogP contribution in [0.4, 0.5) is 0 Å². The highest BCUT2D eigenvalue weighted by Crippen LogP contribution is 2.27. The summed E-state index contributed by atoms with van der Waals surface area (Å²) in [5.74, 6) is 2.10. The normalized spacial score (nSPS) is 15.0. The molecule has 7 nitrogen and oxygen atoms in total. The van der Waals surface area contributed by atoms with Crippen molar-refractivity contribution in [2.45, 2.75) is 39.3 Å². The fourth-order valence-corrected chi connectivity index (χ4v) is 1.86. The zero-order valence-electron chi connectivity index (χ0n) is 11.0. The summed E-state index contributed by atoms with van der Waals surface area (Å²) in [5, 5.41) is 19.5. The molecule has 2 aromatic heterocycles. The first-order valence-corrected chi connectivity index (χ1v) is 6.74. The maximum absolute atomic E-state index is 5.44. The van der Waals surface area contributed by atoms with E-state index < -0.39 is 0 Å². The Bertz CT molecular complexity index is 530. The van der Waals surface area contributed by atoms with Crippen molar-refractivity contribution in [1.29, 1.82) is 0 Å². The average molecular weight is 262 g/mol. The topological polar surface area (TPSA) is 81.7 Å². The predicted octanol–water partition coefficient (Wildman–Crippen LogP) is 0.771. The molecule has 2 heterocycles. The predicted molar refractivity (Wildman–Crippen MR) is 67.2 cm³/mol. The van der Waals surface area contributed by atoms with Crippen molar-refractivity contribution in [2.24, 2.45) is 5.92 Å². The van der Waals surface area contributed by atoms with Crippen molar-refractivity contribution >= 4 is 0 Å². The highest BCUT2D eigenvalue weighted by Gasteiger charge is 2.20. The lowest BCUT2D eigenvalue weighted by atomic mass is 10.4. The average Bonchev–Trinajstić information content (AvgIpc) is 2.96. The standard InChI is InChI=1S/C12H18N6O/c1-2-11-15-16-12(19-11)8-18-7-10(14-17-18)6-13-5-9-3-4-9/h7,9,13H,2-6,8H2,1H3. The van der Waals surface area contributed by atoms with Crippen LogP contribution in [0.5, 0.6) is 0 Å². The van der Waals surface area contributed by atoms with Gasteiger partial charge in [0.2, 0.25) is 11.8 Å². The number of nitrogens with one attached hydrogen (secondary N) is 1. The van der Waals surface area contributed by atoms with Gasteiger partial charge in [0, 0.05) is 13.0 Å². The molecule has 0 saturated heterocycles. The number of nitrogens with zero attached hydrogens (tertiary/aromatic N) is 5. The van der Waals surface area contributed by atoms with Gasteiger partial charge in [-0.25, -0.2) is 4.68 Å². The Morgan fingerprint density at radius 3 is 2.89 bits per heavy atom. The summed E-state index contributed by atoms with van der Waals surface area (Å²) in [7, 11) is 0. The molecule has 1 N–H and O–H groups in total. The van der Waals surface area contributed by atoms with E-state index in [0.717, 1.165) is 31.1 Å². The van der Waals surface area contributed by atoms with Gasteiger partial charge in [-0.3, -0.25) is 0 Å². The molecule has 2 aromatic rings. The molecule has 0 aromatic carbocycles. The van der Waals surface area contributed by atoms with Crippen LogP contribution in [0.25, 0.3) is 0 Å². The van der Waals surface area contributed by atoms with Crippen molar-refractivity contribution in [2.75, 3.05) is 6.54 Å². The summed E-state index contributed by atoms with van der Waals surface area (Å²) in [6.07, 6.45) is 5.38. The lowest BCUT2D eigenvalue weighted by molar-refractivity contribution is 0.430. The number of rotatable bonds is 7. The Kier molecular flexibility index (Phi) is 3.54. The van der Waals surface area contributed by atoms with E-state index in [9.17, 15) is 0 Å². The number of hydrogen-bond donors (Lipinski definition) is 1. The summed E-state index contributed by atoms with van der Waals surface area (Å²) >= 11 is 0. The second-order valence-corrected chi connectivity index (χ2v) is 4.92. The van der Waals surface area contributed by atoms with E-state index in [1.54, 1.807) is 4.68 Å². The summed E-state index contributed by atoms with van der Waals surface area (Å²) in [5.41, 5.74) is 0.941. The highest BCUT2D eigenvalue weighted by molar-refractivity contribution is 4.93. The van der Waals surface area contributed by atoms with Crippen molar-refractivity contribution in [3.05, 3.63) is 23.7 Å². The molecule has 1 saturated carbocycles. The van der Waals surface area contributed by atoms with Crippen LogP contribution in [0.15, 0.2) is 10.6 Å². The molecular weight excluding hydrogens is 244 g/mol. The Labute approximate surface area is 111 Å². The summed E-state index contributed by atoms with van der Waals surface area (Å²) in [6.45, 7) is 4.30. The molecule has 0 spiro atoms. The Morgan fingerprint density at radius 2 is 2.16 bits per heavy atom. The third kappa shape index (κ3) is 3.37. The Balaban J connectivity index is 1.51. The third-order valence-corrected chi connectivity index (χ3v) is 3.13. The molecule has 0 radical (unpaired) electrons. The highest BCUT2D eigenvalue weighted by atomic mass is 16.4. The van der Waals surface area contributed by atoms with Gasteiger partial charge in [-0.05, 0) is 25.3 Å². The zero-order chi connectivity index (χ0) is 13.1. The van der Waals surface area contributed by atoms with Crippen molar-refractivity contribution in [3.8, 4) is 0 Å². The minimum absolute atomic E-state index is 0.475. The summed E-state index contributed by atoms with van der Waals surface area (Å²) in [6, 6.07) is 0. The van der Waals surface area contributed by atoms with E-state index in [1.807, 2.05) is 13.1 Å². The van der Waals surface area contributed by atoms with Crippen molar-refractivity contribution in [1.82, 2.24) is 30.5 Å². The van der Waals surface area contributed by atoms with Gasteiger partial charge < -0.3 is 9.73 Å². The SMILES string of the molecule is CCc1nnc(Cn2cc(CNCC3CC3)nn2)o1. The molecule has 3 rings (SSSR count). The van der Waals surface area contributed by atoms with Crippen molar-refractivity contribution < 1.29 is 4.42 Å². The molecule has 0 bridgehead atoms. The Hall–Kier alpha value is -1.76. The zero-order valence-corrected chi connectivity index (χ0v) is 11.0. The van der Waals surface area contributed by atoms with Gasteiger partial charge in [0.05, 0.1) is 11.9 Å². The van der Waals surface area contributed by atoms with Gasteiger partial charge in [0.1, 0.15) is 6.54 Å². The van der Waals surface area contributed by atoms with E-state index in [0.29, 0.717) is 18.3 Å². The molecule has 102 valence electrons. The van der Waals surface area contributed by atoms with E-state index >= 15 is 0 Å². The van der Waals surface area contributed by atoms with E-state index in [4.69, 9.17) is 4.42 Å². The first kappa shape index (κ1) is 12.3. The van der Waals surface area contributed by atoms with Crippen LogP contribution in [-0.4, -0.2) is 31.7 Å². The lowest BCUT2D eigenvalue weighted by Gasteiger charge is -1.98. The molecule has 0 unspecified atom stereocenters. The Morgan fingerprint density at radius 1 is 1.32 bits per heavy atom. The molecule has 0 amide bonds. The fourth-order valence-electron chi connectivity index (χ4n) is 1.86.